The van der Waals surface area contributed by atoms with Gasteiger partial charge in [0.25, 0.3) is 6.43 Å². The predicted octanol–water partition coefficient (Wildman–Crippen LogP) is 3.37. The van der Waals surface area contributed by atoms with Gasteiger partial charge in [-0.1, -0.05) is 12.1 Å². The van der Waals surface area contributed by atoms with Crippen LogP contribution in [0.15, 0.2) is 30.3 Å². The van der Waals surface area contributed by atoms with Gasteiger partial charge in [0.05, 0.1) is 5.69 Å². The molecule has 0 radical (unpaired) electrons. The van der Waals surface area contributed by atoms with Crippen LogP contribution >= 0.6 is 0 Å². The van der Waals surface area contributed by atoms with Crippen molar-refractivity contribution in [2.45, 2.75) is 31.1 Å². The van der Waals surface area contributed by atoms with Gasteiger partial charge in [0.1, 0.15) is 5.69 Å². The van der Waals surface area contributed by atoms with Crippen LogP contribution in [0.4, 0.5) is 8.78 Å². The smallest absolute Gasteiger partial charge is 0.282 e. The second kappa shape index (κ2) is 4.91. The van der Waals surface area contributed by atoms with Crippen LogP contribution in [-0.2, 0) is 0 Å². The van der Waals surface area contributed by atoms with Crippen LogP contribution in [0.3, 0.4) is 0 Å². The van der Waals surface area contributed by atoms with Crippen molar-refractivity contribution in [3.63, 3.8) is 0 Å². The lowest BCUT2D eigenvalue weighted by Crippen LogP contribution is -2.39. The summed E-state index contributed by atoms with van der Waals surface area (Å²) in [6.45, 7) is 2.04. The Morgan fingerprint density at radius 2 is 1.81 bits per heavy atom. The largest absolute Gasteiger partial charge is 0.315 e. The van der Waals surface area contributed by atoms with E-state index in [4.69, 9.17) is 0 Å². The molecule has 110 valence electrons. The van der Waals surface area contributed by atoms with E-state index in [1.165, 1.54) is 5.56 Å². The maximum Gasteiger partial charge on any atom is 0.282 e. The van der Waals surface area contributed by atoms with E-state index in [2.05, 4.69) is 22.5 Å². The van der Waals surface area contributed by atoms with Gasteiger partial charge in [0, 0.05) is 30.6 Å². The fourth-order valence-corrected chi connectivity index (χ4v) is 2.81. The number of alkyl halides is 2. The zero-order valence-electron chi connectivity index (χ0n) is 11.6. The molecule has 0 atom stereocenters. The first-order chi connectivity index (χ1) is 10.2. The minimum Gasteiger partial charge on any atom is -0.315 e. The van der Waals surface area contributed by atoms with Crippen LogP contribution in [0, 0.1) is 0 Å². The summed E-state index contributed by atoms with van der Waals surface area (Å²) in [4.78, 5) is 0. The van der Waals surface area contributed by atoms with Crippen molar-refractivity contribution in [3.05, 3.63) is 47.3 Å². The topological polar surface area (TPSA) is 29.9 Å². The van der Waals surface area contributed by atoms with Gasteiger partial charge >= 0.3 is 0 Å². The van der Waals surface area contributed by atoms with Gasteiger partial charge < -0.3 is 5.32 Å². The molecule has 1 aromatic heterocycles. The van der Waals surface area contributed by atoms with Gasteiger partial charge in [0.15, 0.2) is 0 Å². The molecule has 2 aliphatic rings. The Labute approximate surface area is 122 Å². The average Bonchev–Trinajstić information content (AvgIpc) is 3.16. The fourth-order valence-electron chi connectivity index (χ4n) is 2.81. The van der Waals surface area contributed by atoms with E-state index in [9.17, 15) is 8.78 Å². The first-order valence-corrected chi connectivity index (χ1v) is 7.41. The van der Waals surface area contributed by atoms with E-state index in [0.29, 0.717) is 11.8 Å². The highest BCUT2D eigenvalue weighted by molar-refractivity contribution is 5.39. The molecule has 0 amide bonds. The Bertz CT molecular complexity index is 640. The number of hydrogen-bond acceptors (Lipinski definition) is 2. The number of nitrogens with zero attached hydrogens (tertiary/aromatic N) is 2. The van der Waals surface area contributed by atoms with Crippen LogP contribution in [0.25, 0.3) is 5.69 Å². The summed E-state index contributed by atoms with van der Waals surface area (Å²) in [7, 11) is 0. The maximum atomic E-state index is 12.9. The molecule has 0 unspecified atom stereocenters. The summed E-state index contributed by atoms with van der Waals surface area (Å²) < 4.78 is 27.5. The molecule has 21 heavy (non-hydrogen) atoms. The molecule has 5 heteroatoms. The van der Waals surface area contributed by atoms with Crippen molar-refractivity contribution in [1.82, 2.24) is 15.1 Å². The molecule has 1 N–H and O–H groups in total. The highest BCUT2D eigenvalue weighted by Gasteiger charge is 2.30. The molecule has 4 rings (SSSR count). The molecule has 1 saturated heterocycles. The molecule has 1 aliphatic heterocycles. The molecule has 0 bridgehead atoms. The van der Waals surface area contributed by atoms with E-state index < -0.39 is 6.43 Å². The summed E-state index contributed by atoms with van der Waals surface area (Å²) in [5, 5.41) is 7.36. The second-order valence-corrected chi connectivity index (χ2v) is 5.93. The van der Waals surface area contributed by atoms with Crippen molar-refractivity contribution in [2.24, 2.45) is 0 Å². The lowest BCUT2D eigenvalue weighted by Gasteiger charge is -2.27. The van der Waals surface area contributed by atoms with Crippen LogP contribution < -0.4 is 5.32 Å². The standard InChI is InChI=1S/C16H17F2N3/c17-16(18)14-7-15(11-1-2-11)21(20-14)13-5-3-10(4-6-13)12-8-19-9-12/h3-7,11-12,16,19H,1-2,8-9H2. The number of hydrogen-bond donors (Lipinski definition) is 1. The third-order valence-corrected chi connectivity index (χ3v) is 4.37. The third-order valence-electron chi connectivity index (χ3n) is 4.37. The maximum absolute atomic E-state index is 12.9. The lowest BCUT2D eigenvalue weighted by molar-refractivity contribution is 0.145. The molecule has 3 nitrogen and oxygen atoms in total. The van der Waals surface area contributed by atoms with Gasteiger partial charge in [-0.3, -0.25) is 0 Å². The second-order valence-electron chi connectivity index (χ2n) is 5.93. The van der Waals surface area contributed by atoms with Gasteiger partial charge in [-0.15, -0.1) is 0 Å². The molecule has 2 aromatic rings. The number of benzene rings is 1. The van der Waals surface area contributed by atoms with E-state index >= 15 is 0 Å². The minimum atomic E-state index is -2.51. The minimum absolute atomic E-state index is 0.121. The predicted molar refractivity (Wildman–Crippen MR) is 76.1 cm³/mol. The molecule has 2 heterocycles. The van der Waals surface area contributed by atoms with Crippen LogP contribution in [-0.4, -0.2) is 22.9 Å². The number of aromatic nitrogens is 2. The number of halogens is 2. The molecule has 1 aromatic carbocycles. The zero-order valence-corrected chi connectivity index (χ0v) is 11.6. The normalized spacial score (nSPS) is 19.0. The van der Waals surface area contributed by atoms with Crippen LogP contribution in [0.1, 0.15) is 48.1 Å². The van der Waals surface area contributed by atoms with E-state index in [0.717, 1.165) is 37.3 Å². The summed E-state index contributed by atoms with van der Waals surface area (Å²) in [6, 6.07) is 9.71. The van der Waals surface area contributed by atoms with Crippen molar-refractivity contribution < 1.29 is 8.78 Å². The Morgan fingerprint density at radius 1 is 1.10 bits per heavy atom. The van der Waals surface area contributed by atoms with E-state index in [-0.39, 0.29) is 5.69 Å². The third kappa shape index (κ3) is 2.35. The molecular formula is C16H17F2N3. The van der Waals surface area contributed by atoms with E-state index in [1.54, 1.807) is 10.7 Å². The van der Waals surface area contributed by atoms with Gasteiger partial charge in [-0.25, -0.2) is 13.5 Å². The Kier molecular flexibility index (Phi) is 3.03. The summed E-state index contributed by atoms with van der Waals surface area (Å²) >= 11 is 0. The molecule has 2 fully saturated rings. The SMILES string of the molecule is FC(F)c1cc(C2CC2)n(-c2ccc(C3CNC3)cc2)n1. The van der Waals surface area contributed by atoms with E-state index in [1.807, 2.05) is 12.1 Å². The summed E-state index contributed by atoms with van der Waals surface area (Å²) in [5.74, 6) is 0.969. The zero-order chi connectivity index (χ0) is 14.4. The molecule has 1 saturated carbocycles. The highest BCUT2D eigenvalue weighted by Crippen LogP contribution is 2.42. The molecular weight excluding hydrogens is 272 g/mol. The van der Waals surface area contributed by atoms with Crippen LogP contribution in [0.2, 0.25) is 0 Å². The van der Waals surface area contributed by atoms with Gasteiger partial charge in [0.2, 0.25) is 0 Å². The van der Waals surface area contributed by atoms with Crippen molar-refractivity contribution in [1.29, 1.82) is 0 Å². The Morgan fingerprint density at radius 3 is 2.33 bits per heavy atom. The Hall–Kier alpha value is -1.75. The fraction of sp³-hybridized carbons (Fsp3) is 0.438. The number of nitrogens with one attached hydrogen (secondary N) is 1. The summed E-state index contributed by atoms with van der Waals surface area (Å²) in [6.07, 6.45) is -0.371. The first-order valence-electron chi connectivity index (χ1n) is 7.41. The van der Waals surface area contributed by atoms with Gasteiger partial charge in [-0.05, 0) is 36.6 Å². The quantitative estimate of drug-likeness (QED) is 0.935. The lowest BCUT2D eigenvalue weighted by atomic mass is 9.94. The molecule has 0 spiro atoms. The van der Waals surface area contributed by atoms with Gasteiger partial charge in [-0.2, -0.15) is 5.10 Å². The van der Waals surface area contributed by atoms with Crippen LogP contribution in [0.5, 0.6) is 0 Å². The first kappa shape index (κ1) is 13.0. The van der Waals surface area contributed by atoms with Crippen molar-refractivity contribution in [2.75, 3.05) is 13.1 Å². The molecule has 1 aliphatic carbocycles. The monoisotopic (exact) mass is 289 g/mol. The highest BCUT2D eigenvalue weighted by atomic mass is 19.3. The Balaban J connectivity index is 1.68. The summed E-state index contributed by atoms with van der Waals surface area (Å²) in [5.41, 5.74) is 2.97. The van der Waals surface area contributed by atoms with Crippen molar-refractivity contribution >= 4 is 0 Å². The van der Waals surface area contributed by atoms with Crippen molar-refractivity contribution in [3.8, 4) is 5.69 Å². The number of rotatable bonds is 4. The average molecular weight is 289 g/mol.